The van der Waals surface area contributed by atoms with Gasteiger partial charge >= 0.3 is 0 Å². The van der Waals surface area contributed by atoms with E-state index in [2.05, 4.69) is 5.32 Å². The summed E-state index contributed by atoms with van der Waals surface area (Å²) in [5.74, 6) is 0.667. The predicted octanol–water partition coefficient (Wildman–Crippen LogP) is 1.86. The number of piperidine rings is 1. The van der Waals surface area contributed by atoms with Gasteiger partial charge < -0.3 is 24.4 Å². The minimum Gasteiger partial charge on any atom is -0.490 e. The molecule has 0 radical (unpaired) electrons. The Morgan fingerprint density at radius 1 is 1.19 bits per heavy atom. The van der Waals surface area contributed by atoms with Crippen LogP contribution in [0.3, 0.4) is 0 Å². The third-order valence-electron chi connectivity index (χ3n) is 4.44. The van der Waals surface area contributed by atoms with Crippen molar-refractivity contribution in [1.29, 1.82) is 0 Å². The minimum absolute atomic E-state index is 0.0209. The Kier molecular flexibility index (Phi) is 9.07. The Morgan fingerprint density at radius 3 is 2.52 bits per heavy atom. The number of nitrogens with zero attached hydrogens (tertiary/aromatic N) is 1. The number of carbonyl (C=O) groups is 2. The van der Waals surface area contributed by atoms with Gasteiger partial charge in [0.15, 0.2) is 0 Å². The fourth-order valence-electron chi connectivity index (χ4n) is 2.94. The van der Waals surface area contributed by atoms with Crippen LogP contribution in [0.1, 0.15) is 36.5 Å². The molecule has 1 aromatic rings. The van der Waals surface area contributed by atoms with E-state index in [1.807, 2.05) is 24.0 Å². The SMILES string of the molecule is CCOCCCNC(=O)c1ccc(OC2CCN(C(=O)COC)CC2)cc1. The molecule has 0 aliphatic carbocycles. The summed E-state index contributed by atoms with van der Waals surface area (Å²) in [6.07, 6.45) is 2.45. The number of hydrogen-bond donors (Lipinski definition) is 1. The molecule has 2 amide bonds. The molecule has 7 nitrogen and oxygen atoms in total. The van der Waals surface area contributed by atoms with Crippen molar-refractivity contribution in [2.24, 2.45) is 0 Å². The van der Waals surface area contributed by atoms with E-state index in [9.17, 15) is 9.59 Å². The van der Waals surface area contributed by atoms with Crippen LogP contribution < -0.4 is 10.1 Å². The summed E-state index contributed by atoms with van der Waals surface area (Å²) in [4.78, 5) is 25.7. The van der Waals surface area contributed by atoms with Crippen molar-refractivity contribution >= 4 is 11.8 Å². The minimum atomic E-state index is -0.0944. The molecular formula is C20H30N2O5. The van der Waals surface area contributed by atoms with Gasteiger partial charge in [0, 0.05) is 58.4 Å². The molecule has 0 aromatic heterocycles. The summed E-state index contributed by atoms with van der Waals surface area (Å²) in [7, 11) is 1.53. The maximum atomic E-state index is 12.1. The molecule has 7 heteroatoms. The van der Waals surface area contributed by atoms with Crippen LogP contribution in [0.25, 0.3) is 0 Å². The van der Waals surface area contributed by atoms with Crippen molar-refractivity contribution in [2.45, 2.75) is 32.3 Å². The van der Waals surface area contributed by atoms with Crippen molar-refractivity contribution in [3.05, 3.63) is 29.8 Å². The normalized spacial score (nSPS) is 14.8. The van der Waals surface area contributed by atoms with E-state index in [4.69, 9.17) is 14.2 Å². The van der Waals surface area contributed by atoms with E-state index in [1.54, 1.807) is 12.1 Å². The molecule has 0 saturated carbocycles. The van der Waals surface area contributed by atoms with Gasteiger partial charge in [0.25, 0.3) is 5.91 Å². The topological polar surface area (TPSA) is 77.1 Å². The average molecular weight is 378 g/mol. The Bertz CT molecular complexity index is 583. The lowest BCUT2D eigenvalue weighted by molar-refractivity contribution is -0.136. The zero-order chi connectivity index (χ0) is 19.5. The summed E-state index contributed by atoms with van der Waals surface area (Å²) >= 11 is 0. The van der Waals surface area contributed by atoms with E-state index in [-0.39, 0.29) is 24.5 Å². The number of nitrogens with one attached hydrogen (secondary N) is 1. The van der Waals surface area contributed by atoms with Gasteiger partial charge in [0.1, 0.15) is 18.5 Å². The first-order valence-corrected chi connectivity index (χ1v) is 9.53. The van der Waals surface area contributed by atoms with Gasteiger partial charge in [-0.3, -0.25) is 9.59 Å². The lowest BCUT2D eigenvalue weighted by Gasteiger charge is -2.32. The standard InChI is InChI=1S/C20H30N2O5/c1-3-26-14-4-11-21-20(24)16-5-7-17(8-6-16)27-18-9-12-22(13-10-18)19(23)15-25-2/h5-8,18H,3-4,9-15H2,1-2H3,(H,21,24). The van der Waals surface area contributed by atoms with Gasteiger partial charge in [-0.2, -0.15) is 0 Å². The van der Waals surface area contributed by atoms with E-state index < -0.39 is 0 Å². The van der Waals surface area contributed by atoms with Gasteiger partial charge in [0.05, 0.1) is 0 Å². The highest BCUT2D eigenvalue weighted by molar-refractivity contribution is 5.94. The third-order valence-corrected chi connectivity index (χ3v) is 4.44. The van der Waals surface area contributed by atoms with E-state index in [0.29, 0.717) is 38.4 Å². The average Bonchev–Trinajstić information content (AvgIpc) is 2.69. The Balaban J connectivity index is 1.72. The van der Waals surface area contributed by atoms with Crippen LogP contribution in [0.4, 0.5) is 0 Å². The lowest BCUT2D eigenvalue weighted by Crippen LogP contribution is -2.43. The van der Waals surface area contributed by atoms with Crippen LogP contribution in [0.15, 0.2) is 24.3 Å². The number of likely N-dealkylation sites (tertiary alicyclic amines) is 1. The predicted molar refractivity (Wildman–Crippen MR) is 102 cm³/mol. The Labute approximate surface area is 161 Å². The van der Waals surface area contributed by atoms with Crippen LogP contribution in [0.2, 0.25) is 0 Å². The van der Waals surface area contributed by atoms with Crippen LogP contribution in [0.5, 0.6) is 5.75 Å². The Hall–Kier alpha value is -2.12. The smallest absolute Gasteiger partial charge is 0.251 e. The fraction of sp³-hybridized carbons (Fsp3) is 0.600. The molecule has 1 aliphatic rings. The molecular weight excluding hydrogens is 348 g/mol. The molecule has 0 atom stereocenters. The maximum Gasteiger partial charge on any atom is 0.251 e. The van der Waals surface area contributed by atoms with Crippen LogP contribution in [-0.4, -0.2) is 69.4 Å². The van der Waals surface area contributed by atoms with Crippen LogP contribution in [0, 0.1) is 0 Å². The fourth-order valence-corrected chi connectivity index (χ4v) is 2.94. The van der Waals surface area contributed by atoms with Gasteiger partial charge in [-0.1, -0.05) is 0 Å². The van der Waals surface area contributed by atoms with Crippen molar-refractivity contribution < 1.29 is 23.8 Å². The summed E-state index contributed by atoms with van der Waals surface area (Å²) in [5, 5.41) is 2.88. The van der Waals surface area contributed by atoms with Crippen molar-refractivity contribution in [1.82, 2.24) is 10.2 Å². The number of ether oxygens (including phenoxy) is 3. The Morgan fingerprint density at radius 2 is 1.89 bits per heavy atom. The largest absolute Gasteiger partial charge is 0.490 e. The molecule has 1 heterocycles. The molecule has 1 aromatic carbocycles. The quantitative estimate of drug-likeness (QED) is 0.629. The van der Waals surface area contributed by atoms with E-state index >= 15 is 0 Å². The molecule has 27 heavy (non-hydrogen) atoms. The molecule has 1 aliphatic heterocycles. The van der Waals surface area contributed by atoms with Crippen molar-refractivity contribution in [3.8, 4) is 5.75 Å². The van der Waals surface area contributed by atoms with Gasteiger partial charge in [-0.25, -0.2) is 0 Å². The molecule has 2 rings (SSSR count). The second kappa shape index (κ2) is 11.6. The summed E-state index contributed by atoms with van der Waals surface area (Å²) in [6.45, 7) is 5.37. The number of amides is 2. The highest BCUT2D eigenvalue weighted by atomic mass is 16.5. The molecule has 150 valence electrons. The zero-order valence-electron chi connectivity index (χ0n) is 16.2. The lowest BCUT2D eigenvalue weighted by atomic mass is 10.1. The monoisotopic (exact) mass is 378 g/mol. The number of methoxy groups -OCH3 is 1. The highest BCUT2D eigenvalue weighted by Crippen LogP contribution is 2.20. The molecule has 0 unspecified atom stereocenters. The van der Waals surface area contributed by atoms with Crippen LogP contribution in [-0.2, 0) is 14.3 Å². The number of carbonyl (C=O) groups excluding carboxylic acids is 2. The number of hydrogen-bond acceptors (Lipinski definition) is 5. The van der Waals surface area contributed by atoms with E-state index in [0.717, 1.165) is 25.0 Å². The molecule has 1 saturated heterocycles. The molecule has 0 spiro atoms. The van der Waals surface area contributed by atoms with Crippen LogP contribution >= 0.6 is 0 Å². The first kappa shape index (κ1) is 21.2. The second-order valence-electron chi connectivity index (χ2n) is 6.46. The summed E-state index contributed by atoms with van der Waals surface area (Å²) < 4.78 is 16.1. The van der Waals surface area contributed by atoms with E-state index in [1.165, 1.54) is 7.11 Å². The number of benzene rings is 1. The molecule has 0 bridgehead atoms. The van der Waals surface area contributed by atoms with Gasteiger partial charge in [-0.05, 0) is 37.6 Å². The highest BCUT2D eigenvalue weighted by Gasteiger charge is 2.23. The zero-order valence-corrected chi connectivity index (χ0v) is 16.2. The molecule has 1 fully saturated rings. The summed E-state index contributed by atoms with van der Waals surface area (Å²) in [6, 6.07) is 7.17. The number of rotatable bonds is 10. The second-order valence-corrected chi connectivity index (χ2v) is 6.46. The van der Waals surface area contributed by atoms with Crippen molar-refractivity contribution in [3.63, 3.8) is 0 Å². The third kappa shape index (κ3) is 7.19. The first-order chi connectivity index (χ1) is 13.1. The molecule has 1 N–H and O–H groups in total. The maximum absolute atomic E-state index is 12.1. The van der Waals surface area contributed by atoms with Crippen molar-refractivity contribution in [2.75, 3.05) is 46.6 Å². The summed E-state index contributed by atoms with van der Waals surface area (Å²) in [5.41, 5.74) is 0.610. The van der Waals surface area contributed by atoms with Gasteiger partial charge in [0.2, 0.25) is 5.91 Å². The van der Waals surface area contributed by atoms with Gasteiger partial charge in [-0.15, -0.1) is 0 Å². The first-order valence-electron chi connectivity index (χ1n) is 9.53.